The van der Waals surface area contributed by atoms with Crippen LogP contribution in [0.5, 0.6) is 0 Å². The molecule has 0 radical (unpaired) electrons. The van der Waals surface area contributed by atoms with E-state index in [-0.39, 0.29) is 22.8 Å². The molecule has 22 heavy (non-hydrogen) atoms. The zero-order valence-electron chi connectivity index (χ0n) is 12.9. The number of carbonyl (C=O) groups is 1. The lowest BCUT2D eigenvalue weighted by Crippen LogP contribution is -2.50. The van der Waals surface area contributed by atoms with E-state index in [0.717, 1.165) is 45.1 Å². The largest absolute Gasteiger partial charge is 0.373 e. The molecule has 1 spiro atoms. The molecule has 0 N–H and O–H groups in total. The second-order valence-electron chi connectivity index (χ2n) is 7.20. The maximum atomic E-state index is 12.4. The maximum absolute atomic E-state index is 12.4. The van der Waals surface area contributed by atoms with Gasteiger partial charge in [-0.25, -0.2) is 8.42 Å². The highest BCUT2D eigenvalue weighted by atomic mass is 32.2. The molecule has 3 aliphatic heterocycles. The van der Waals surface area contributed by atoms with Crippen molar-refractivity contribution in [3.8, 4) is 0 Å². The van der Waals surface area contributed by atoms with Gasteiger partial charge in [0.05, 0.1) is 10.9 Å². The number of carbonyl (C=O) groups excluding carboxylic acids is 1. The van der Waals surface area contributed by atoms with E-state index in [1.54, 1.807) is 4.31 Å². The molecular formula is C15H24N2O4S. The van der Waals surface area contributed by atoms with Crippen LogP contribution in [-0.4, -0.2) is 66.7 Å². The number of rotatable bonds is 3. The Bertz CT molecular complexity index is 574. The van der Waals surface area contributed by atoms with Gasteiger partial charge in [-0.15, -0.1) is 0 Å². The van der Waals surface area contributed by atoms with E-state index in [1.165, 1.54) is 0 Å². The average Bonchev–Trinajstić information content (AvgIpc) is 3.16. The highest BCUT2D eigenvalue weighted by Gasteiger charge is 2.51. The average molecular weight is 328 g/mol. The summed E-state index contributed by atoms with van der Waals surface area (Å²) in [5.41, 5.74) is -0.367. The Morgan fingerprint density at radius 2 is 2.00 bits per heavy atom. The molecule has 1 amide bonds. The monoisotopic (exact) mass is 328 g/mol. The molecule has 0 unspecified atom stereocenters. The Morgan fingerprint density at radius 1 is 1.18 bits per heavy atom. The van der Waals surface area contributed by atoms with Gasteiger partial charge in [-0.3, -0.25) is 4.79 Å². The lowest BCUT2D eigenvalue weighted by molar-refractivity contribution is -0.137. The summed E-state index contributed by atoms with van der Waals surface area (Å²) in [7, 11) is -3.12. The van der Waals surface area contributed by atoms with Crippen LogP contribution in [0.15, 0.2) is 0 Å². The van der Waals surface area contributed by atoms with E-state index in [9.17, 15) is 13.2 Å². The second-order valence-corrected chi connectivity index (χ2v) is 9.41. The van der Waals surface area contributed by atoms with Crippen LogP contribution >= 0.6 is 0 Å². The van der Waals surface area contributed by atoms with Crippen molar-refractivity contribution in [3.63, 3.8) is 0 Å². The predicted molar refractivity (Wildman–Crippen MR) is 80.8 cm³/mol. The van der Waals surface area contributed by atoms with Gasteiger partial charge in [0.15, 0.2) is 0 Å². The molecule has 7 heteroatoms. The first-order chi connectivity index (χ1) is 10.5. The van der Waals surface area contributed by atoms with Gasteiger partial charge in [0, 0.05) is 38.7 Å². The van der Waals surface area contributed by atoms with Crippen molar-refractivity contribution >= 4 is 15.9 Å². The summed E-state index contributed by atoms with van der Waals surface area (Å²) in [4.78, 5) is 14.0. The van der Waals surface area contributed by atoms with Crippen molar-refractivity contribution < 1.29 is 17.9 Å². The number of hydrogen-bond donors (Lipinski definition) is 0. The molecule has 1 saturated carbocycles. The summed E-state index contributed by atoms with van der Waals surface area (Å²) in [6.07, 6.45) is 5.64. The fourth-order valence-corrected chi connectivity index (χ4v) is 6.12. The molecule has 0 aromatic heterocycles. The number of sulfonamides is 1. The fourth-order valence-electron chi connectivity index (χ4n) is 4.21. The van der Waals surface area contributed by atoms with Crippen LogP contribution in [-0.2, 0) is 19.6 Å². The highest BCUT2D eigenvalue weighted by Crippen LogP contribution is 2.40. The summed E-state index contributed by atoms with van der Waals surface area (Å²) in [6.45, 7) is 2.53. The summed E-state index contributed by atoms with van der Waals surface area (Å²) in [6, 6.07) is 0.229. The number of nitrogens with zero attached hydrogens (tertiary/aromatic N) is 2. The van der Waals surface area contributed by atoms with Crippen LogP contribution in [0.4, 0.5) is 0 Å². The molecule has 3 heterocycles. The quantitative estimate of drug-likeness (QED) is 0.766. The minimum Gasteiger partial charge on any atom is -0.373 e. The Hall–Kier alpha value is -0.660. The standard InChI is InChI=1S/C15H24N2O4S/c18-14-2-1-7-17(14)12-5-9-21-15(10-12)6-8-16(11-15)22(19,20)13-3-4-13/h12-13H,1-11H2/t12-,15-/m1/s1. The molecule has 3 saturated heterocycles. The molecule has 4 rings (SSSR count). The summed E-state index contributed by atoms with van der Waals surface area (Å²) in [5.74, 6) is 0.252. The van der Waals surface area contributed by atoms with Crippen LogP contribution in [0.3, 0.4) is 0 Å². The predicted octanol–water partition coefficient (Wildman–Crippen LogP) is 0.725. The molecule has 6 nitrogen and oxygen atoms in total. The molecule has 4 aliphatic rings. The van der Waals surface area contributed by atoms with Gasteiger partial charge in [0.2, 0.25) is 15.9 Å². The first kappa shape index (κ1) is 14.9. The normalized spacial score (nSPS) is 37.4. The SMILES string of the molecule is O=C1CCCN1[C@@H]1CCO[C@]2(CCN(S(=O)(=O)C3CC3)C2)C1. The third-order valence-electron chi connectivity index (χ3n) is 5.60. The maximum Gasteiger partial charge on any atom is 0.222 e. The number of likely N-dealkylation sites (tertiary alicyclic amines) is 1. The molecule has 2 atom stereocenters. The molecule has 0 aromatic rings. The van der Waals surface area contributed by atoms with Gasteiger partial charge in [-0.2, -0.15) is 4.31 Å². The van der Waals surface area contributed by atoms with Gasteiger partial charge in [0.25, 0.3) is 0 Å². The van der Waals surface area contributed by atoms with E-state index in [1.807, 2.05) is 4.90 Å². The van der Waals surface area contributed by atoms with Gasteiger partial charge in [-0.1, -0.05) is 0 Å². The third-order valence-corrected chi connectivity index (χ3v) is 7.95. The first-order valence-corrected chi connectivity index (χ1v) is 9.93. The molecule has 124 valence electrons. The Kier molecular flexibility index (Phi) is 3.51. The topological polar surface area (TPSA) is 66.9 Å². The lowest BCUT2D eigenvalue weighted by Gasteiger charge is -2.41. The number of ether oxygens (including phenoxy) is 1. The molecule has 0 aromatic carbocycles. The molecular weight excluding hydrogens is 304 g/mol. The minimum atomic E-state index is -3.12. The van der Waals surface area contributed by atoms with Crippen molar-refractivity contribution in [1.82, 2.24) is 9.21 Å². The van der Waals surface area contributed by atoms with Crippen LogP contribution in [0.1, 0.15) is 44.9 Å². The van der Waals surface area contributed by atoms with E-state index in [2.05, 4.69) is 0 Å². The van der Waals surface area contributed by atoms with Gasteiger partial charge in [-0.05, 0) is 38.5 Å². The third kappa shape index (κ3) is 2.47. The van der Waals surface area contributed by atoms with Crippen LogP contribution in [0, 0.1) is 0 Å². The highest BCUT2D eigenvalue weighted by molar-refractivity contribution is 7.90. The first-order valence-electron chi connectivity index (χ1n) is 8.43. The Morgan fingerprint density at radius 3 is 2.68 bits per heavy atom. The summed E-state index contributed by atoms with van der Waals surface area (Å²) < 4.78 is 32.5. The zero-order chi connectivity index (χ0) is 15.4. The Balaban J connectivity index is 1.47. The minimum absolute atomic E-state index is 0.151. The van der Waals surface area contributed by atoms with E-state index in [0.29, 0.717) is 26.1 Å². The van der Waals surface area contributed by atoms with Crippen molar-refractivity contribution in [1.29, 1.82) is 0 Å². The Labute approximate surface area is 131 Å². The van der Waals surface area contributed by atoms with E-state index in [4.69, 9.17) is 4.74 Å². The van der Waals surface area contributed by atoms with Crippen LogP contribution < -0.4 is 0 Å². The van der Waals surface area contributed by atoms with Gasteiger partial charge < -0.3 is 9.64 Å². The lowest BCUT2D eigenvalue weighted by atomic mass is 9.89. The van der Waals surface area contributed by atoms with E-state index < -0.39 is 10.0 Å². The van der Waals surface area contributed by atoms with Gasteiger partial charge >= 0.3 is 0 Å². The molecule has 4 fully saturated rings. The molecule has 1 aliphatic carbocycles. The summed E-state index contributed by atoms with van der Waals surface area (Å²) in [5, 5.41) is -0.151. The zero-order valence-corrected chi connectivity index (χ0v) is 13.7. The number of hydrogen-bond acceptors (Lipinski definition) is 4. The summed E-state index contributed by atoms with van der Waals surface area (Å²) >= 11 is 0. The van der Waals surface area contributed by atoms with Crippen LogP contribution in [0.2, 0.25) is 0 Å². The van der Waals surface area contributed by atoms with Crippen molar-refractivity contribution in [2.24, 2.45) is 0 Å². The fraction of sp³-hybridized carbons (Fsp3) is 0.933. The van der Waals surface area contributed by atoms with Gasteiger partial charge in [0.1, 0.15) is 0 Å². The van der Waals surface area contributed by atoms with E-state index >= 15 is 0 Å². The second kappa shape index (κ2) is 5.18. The van der Waals surface area contributed by atoms with Crippen molar-refractivity contribution in [3.05, 3.63) is 0 Å². The molecule has 0 bridgehead atoms. The number of amides is 1. The van der Waals surface area contributed by atoms with Crippen molar-refractivity contribution in [2.75, 3.05) is 26.2 Å². The van der Waals surface area contributed by atoms with Crippen molar-refractivity contribution in [2.45, 2.75) is 61.8 Å². The smallest absolute Gasteiger partial charge is 0.222 e. The van der Waals surface area contributed by atoms with Crippen LogP contribution in [0.25, 0.3) is 0 Å².